The van der Waals surface area contributed by atoms with E-state index in [0.29, 0.717) is 18.4 Å². The summed E-state index contributed by atoms with van der Waals surface area (Å²) >= 11 is -1.35. The summed E-state index contributed by atoms with van der Waals surface area (Å²) in [5.41, 5.74) is 3.14. The topological polar surface area (TPSA) is 98.5 Å². The number of carbonyl (C=O) groups is 1. The molecule has 3 aromatic rings. The summed E-state index contributed by atoms with van der Waals surface area (Å²) in [5.74, 6) is 1.18. The van der Waals surface area contributed by atoms with Crippen LogP contribution in [0.25, 0.3) is 11.0 Å². The first-order valence-electron chi connectivity index (χ1n) is 9.23. The standard InChI is InChI=1S/C18H20N3O3S.C3H6O.Na/c1-13-16(19-9-8-17(13)24-11-5-10-23-2)12-25(22)18-20-14-6-3-4-7-15(14)21-18;1-3(2)4;/h3-4,6-9H,5,10-12H2,1-2H3;1-2H3;/q-1;;+1. The van der Waals surface area contributed by atoms with E-state index in [1.807, 2.05) is 37.3 Å². The van der Waals surface area contributed by atoms with E-state index in [1.54, 1.807) is 13.3 Å². The summed E-state index contributed by atoms with van der Waals surface area (Å²) in [6.45, 7) is 6.20. The third kappa shape index (κ3) is 8.37. The molecule has 2 aromatic heterocycles. The molecule has 0 N–H and O–H groups in total. The van der Waals surface area contributed by atoms with Crippen molar-refractivity contribution in [1.29, 1.82) is 0 Å². The molecule has 2 heterocycles. The molecule has 0 bridgehead atoms. The molecule has 7 nitrogen and oxygen atoms in total. The summed E-state index contributed by atoms with van der Waals surface area (Å²) in [6.07, 6.45) is 2.49. The van der Waals surface area contributed by atoms with E-state index >= 15 is 0 Å². The third-order valence-electron chi connectivity index (χ3n) is 3.79. The Hall–Kier alpha value is -1.42. The number of imidazole rings is 1. The monoisotopic (exact) mass is 439 g/mol. The molecule has 0 amide bonds. The summed E-state index contributed by atoms with van der Waals surface area (Å²) in [7, 11) is 1.67. The van der Waals surface area contributed by atoms with Gasteiger partial charge in [-0.2, -0.15) is 0 Å². The van der Waals surface area contributed by atoms with Crippen molar-refractivity contribution in [1.82, 2.24) is 15.0 Å². The van der Waals surface area contributed by atoms with Crippen molar-refractivity contribution in [3.63, 3.8) is 0 Å². The summed E-state index contributed by atoms with van der Waals surface area (Å²) in [6, 6.07) is 9.32. The van der Waals surface area contributed by atoms with Gasteiger partial charge in [-0.3, -0.25) is 4.98 Å². The first-order chi connectivity index (χ1) is 13.9. The van der Waals surface area contributed by atoms with E-state index in [1.165, 1.54) is 13.8 Å². The van der Waals surface area contributed by atoms with Crippen molar-refractivity contribution in [3.05, 3.63) is 47.8 Å². The Labute approximate surface area is 202 Å². The van der Waals surface area contributed by atoms with Crippen LogP contribution in [0, 0.1) is 6.92 Å². The van der Waals surface area contributed by atoms with Gasteiger partial charge < -0.3 is 28.8 Å². The van der Waals surface area contributed by atoms with Gasteiger partial charge in [0.2, 0.25) is 0 Å². The number of Topliss-reactive ketones (excluding diaryl/α,β-unsaturated/α-hetero) is 1. The Morgan fingerprint density at radius 3 is 2.57 bits per heavy atom. The van der Waals surface area contributed by atoms with Gasteiger partial charge in [0.25, 0.3) is 0 Å². The van der Waals surface area contributed by atoms with Crippen molar-refractivity contribution < 1.29 is 48.4 Å². The van der Waals surface area contributed by atoms with Crippen LogP contribution in [-0.2, 0) is 26.5 Å². The van der Waals surface area contributed by atoms with Gasteiger partial charge in [-0.1, -0.05) is 24.3 Å². The summed E-state index contributed by atoms with van der Waals surface area (Å²) in [5, 5.41) is 0.341. The SMILES string of the molecule is CC(C)=O.COCCCOc1ccnc(C[S+]([O-])c2nc3ccccc3[n-]2)c1C.[Na+]. The van der Waals surface area contributed by atoms with Crippen LogP contribution in [0.5, 0.6) is 5.75 Å². The first-order valence-corrected chi connectivity index (χ1v) is 10.6. The van der Waals surface area contributed by atoms with Crippen LogP contribution in [0.1, 0.15) is 31.5 Å². The molecular weight excluding hydrogens is 413 g/mol. The van der Waals surface area contributed by atoms with Gasteiger partial charge in [-0.15, -0.1) is 0 Å². The zero-order valence-corrected chi connectivity index (χ0v) is 21.0. The minimum absolute atomic E-state index is 0. The molecule has 9 heteroatoms. The second-order valence-electron chi connectivity index (χ2n) is 6.47. The predicted molar refractivity (Wildman–Crippen MR) is 112 cm³/mol. The van der Waals surface area contributed by atoms with Gasteiger partial charge in [0.05, 0.1) is 12.3 Å². The number of rotatable bonds is 8. The second kappa shape index (κ2) is 13.8. The molecular formula is C21H26N3NaO4S. The van der Waals surface area contributed by atoms with E-state index in [2.05, 4.69) is 15.0 Å². The molecule has 0 fully saturated rings. The number of pyridine rings is 1. The van der Waals surface area contributed by atoms with Crippen LogP contribution in [0.15, 0.2) is 41.7 Å². The number of ether oxygens (including phenoxy) is 2. The van der Waals surface area contributed by atoms with Crippen molar-refractivity contribution in [3.8, 4) is 5.75 Å². The maximum absolute atomic E-state index is 12.6. The minimum Gasteiger partial charge on any atom is -0.612 e. The van der Waals surface area contributed by atoms with Gasteiger partial charge in [0.15, 0.2) is 5.75 Å². The van der Waals surface area contributed by atoms with Crippen molar-refractivity contribution >= 4 is 28.0 Å². The molecule has 0 saturated heterocycles. The second-order valence-corrected chi connectivity index (χ2v) is 7.81. The van der Waals surface area contributed by atoms with Gasteiger partial charge >= 0.3 is 29.6 Å². The first kappa shape index (κ1) is 26.6. The number of hydrogen-bond acceptors (Lipinski definition) is 6. The predicted octanol–water partition coefficient (Wildman–Crippen LogP) is 0.218. The Morgan fingerprint density at radius 2 is 1.90 bits per heavy atom. The zero-order valence-electron chi connectivity index (χ0n) is 18.2. The zero-order chi connectivity index (χ0) is 21.2. The van der Waals surface area contributed by atoms with Crippen molar-refractivity contribution in [2.24, 2.45) is 0 Å². The fraction of sp³-hybridized carbons (Fsp3) is 0.381. The number of aromatic nitrogens is 3. The maximum atomic E-state index is 12.6. The molecule has 0 aliphatic heterocycles. The smallest absolute Gasteiger partial charge is 0.612 e. The Kier molecular flexibility index (Phi) is 12.2. The molecule has 0 aliphatic carbocycles. The molecule has 0 spiro atoms. The van der Waals surface area contributed by atoms with Crippen LogP contribution in [0.4, 0.5) is 0 Å². The van der Waals surface area contributed by atoms with Crippen LogP contribution < -0.4 is 39.3 Å². The summed E-state index contributed by atoms with van der Waals surface area (Å²) < 4.78 is 23.4. The number of hydrogen-bond donors (Lipinski definition) is 0. The van der Waals surface area contributed by atoms with Crippen LogP contribution >= 0.6 is 0 Å². The largest absolute Gasteiger partial charge is 1.00 e. The van der Waals surface area contributed by atoms with Crippen molar-refractivity contribution in [2.75, 3.05) is 20.3 Å². The molecule has 1 atom stereocenters. The number of nitrogens with zero attached hydrogens (tertiary/aromatic N) is 3. The normalized spacial score (nSPS) is 11.2. The number of para-hydroxylation sites is 2. The number of fused-ring (bicyclic) bond motifs is 1. The fourth-order valence-electron chi connectivity index (χ4n) is 2.42. The molecule has 1 unspecified atom stereocenters. The number of ketones is 1. The third-order valence-corrected chi connectivity index (χ3v) is 4.92. The Morgan fingerprint density at radius 1 is 1.20 bits per heavy atom. The van der Waals surface area contributed by atoms with Gasteiger partial charge in [-0.25, -0.2) is 0 Å². The van der Waals surface area contributed by atoms with Gasteiger partial charge in [-0.05, 0) is 49.0 Å². The molecule has 1 aromatic carbocycles. The average Bonchev–Trinajstić information content (AvgIpc) is 3.12. The van der Waals surface area contributed by atoms with Gasteiger partial charge in [0, 0.05) is 31.9 Å². The van der Waals surface area contributed by atoms with E-state index in [9.17, 15) is 9.35 Å². The molecule has 30 heavy (non-hydrogen) atoms. The van der Waals surface area contributed by atoms with E-state index < -0.39 is 11.2 Å². The average molecular weight is 440 g/mol. The van der Waals surface area contributed by atoms with Crippen LogP contribution in [0.2, 0.25) is 0 Å². The Balaban J connectivity index is 0.000000827. The van der Waals surface area contributed by atoms with E-state index in [0.717, 1.165) is 34.5 Å². The maximum Gasteiger partial charge on any atom is 1.00 e. The van der Waals surface area contributed by atoms with Crippen molar-refractivity contribution in [2.45, 2.75) is 38.1 Å². The molecule has 156 valence electrons. The number of carbonyl (C=O) groups excluding carboxylic acids is 1. The molecule has 3 rings (SSSR count). The Bertz CT molecular complexity index is 899. The molecule has 0 saturated carbocycles. The van der Waals surface area contributed by atoms with Gasteiger partial charge in [0.1, 0.15) is 16.7 Å². The minimum atomic E-state index is -1.35. The number of benzene rings is 1. The summed E-state index contributed by atoms with van der Waals surface area (Å²) in [4.78, 5) is 22.5. The van der Waals surface area contributed by atoms with E-state index in [-0.39, 0.29) is 41.1 Å². The van der Waals surface area contributed by atoms with E-state index in [4.69, 9.17) is 9.47 Å². The fourth-order valence-corrected chi connectivity index (χ4v) is 3.49. The van der Waals surface area contributed by atoms with Crippen LogP contribution in [0.3, 0.4) is 0 Å². The molecule has 0 aliphatic rings. The molecule has 0 radical (unpaired) electrons. The quantitative estimate of drug-likeness (QED) is 0.281. The van der Waals surface area contributed by atoms with Crippen LogP contribution in [-0.4, -0.2) is 40.6 Å². The number of methoxy groups -OCH3 is 1.